The van der Waals surface area contributed by atoms with Crippen molar-refractivity contribution in [2.75, 3.05) is 18.9 Å². The molecule has 35 heavy (non-hydrogen) atoms. The van der Waals surface area contributed by atoms with Crippen molar-refractivity contribution in [3.05, 3.63) is 84.4 Å². The van der Waals surface area contributed by atoms with Crippen LogP contribution in [0.4, 0.5) is 11.4 Å². The second kappa shape index (κ2) is 9.82. The van der Waals surface area contributed by atoms with Gasteiger partial charge in [0.05, 0.1) is 24.8 Å². The third-order valence-corrected chi connectivity index (χ3v) is 6.58. The number of azo groups is 1. The fourth-order valence-corrected chi connectivity index (χ4v) is 4.43. The molecule has 2 N–H and O–H groups in total. The summed E-state index contributed by atoms with van der Waals surface area (Å²) in [6.07, 6.45) is 0. The molecule has 4 aromatic carbocycles. The number of aromatic hydroxyl groups is 1. The van der Waals surface area contributed by atoms with Crippen molar-refractivity contribution in [2.45, 2.75) is 4.90 Å². The van der Waals surface area contributed by atoms with Crippen LogP contribution in [-0.4, -0.2) is 33.7 Å². The molecule has 0 unspecified atom stereocenters. The molecule has 178 valence electrons. The number of rotatable bonds is 7. The molecule has 0 aromatic heterocycles. The number of phenolic OH excluding ortho intramolecular Hbond substituents is 1. The highest BCUT2D eigenvalue weighted by molar-refractivity contribution is 7.92. The number of carbonyl (C=O) groups excluding carboxylic acids is 1. The molecule has 9 nitrogen and oxygen atoms in total. The molecule has 0 saturated carbocycles. The molecule has 0 saturated heterocycles. The van der Waals surface area contributed by atoms with E-state index in [4.69, 9.17) is 9.47 Å². The largest absolute Gasteiger partial charge is 0.505 e. The van der Waals surface area contributed by atoms with Gasteiger partial charge in [0.1, 0.15) is 17.2 Å². The van der Waals surface area contributed by atoms with Crippen LogP contribution in [0.3, 0.4) is 0 Å². The summed E-state index contributed by atoms with van der Waals surface area (Å²) in [6, 6.07) is 20.2. The molecule has 0 aliphatic carbocycles. The van der Waals surface area contributed by atoms with Gasteiger partial charge < -0.3 is 14.6 Å². The zero-order valence-corrected chi connectivity index (χ0v) is 19.6. The van der Waals surface area contributed by atoms with Crippen molar-refractivity contribution in [3.63, 3.8) is 0 Å². The predicted molar refractivity (Wildman–Crippen MR) is 131 cm³/mol. The van der Waals surface area contributed by atoms with Crippen LogP contribution in [0.25, 0.3) is 10.8 Å². The Labute approximate surface area is 201 Å². The highest BCUT2D eigenvalue weighted by Crippen LogP contribution is 2.40. The fraction of sp³-hybridized carbons (Fsp3) is 0.0800. The third-order valence-electron chi connectivity index (χ3n) is 5.20. The second-order valence-electron chi connectivity index (χ2n) is 7.35. The molecular formula is C25H21N3O6S. The monoisotopic (exact) mass is 491 g/mol. The standard InChI is InChI=1S/C25H21N3O6S/c1-33-17-9-7-16(8-10-17)25(30)27-26-23-15-22(20-5-3-4-6-21(20)24(23)29)28-35(31,32)19-13-11-18(34-2)12-14-19/h3-15,28-29H,1-2H3. The van der Waals surface area contributed by atoms with E-state index in [1.54, 1.807) is 36.4 Å². The van der Waals surface area contributed by atoms with Crippen LogP contribution in [0.1, 0.15) is 10.4 Å². The van der Waals surface area contributed by atoms with Crippen LogP contribution in [0.2, 0.25) is 0 Å². The van der Waals surface area contributed by atoms with Gasteiger partial charge in [0, 0.05) is 16.3 Å². The Hall–Kier alpha value is -4.44. The van der Waals surface area contributed by atoms with Crippen LogP contribution in [-0.2, 0) is 10.0 Å². The Balaban J connectivity index is 1.71. The van der Waals surface area contributed by atoms with Crippen molar-refractivity contribution in [2.24, 2.45) is 10.2 Å². The van der Waals surface area contributed by atoms with Crippen molar-refractivity contribution in [3.8, 4) is 17.2 Å². The number of nitrogens with zero attached hydrogens (tertiary/aromatic N) is 2. The number of hydrogen-bond donors (Lipinski definition) is 2. The number of ether oxygens (including phenoxy) is 2. The minimum Gasteiger partial charge on any atom is -0.505 e. The first-order valence-electron chi connectivity index (χ1n) is 10.3. The van der Waals surface area contributed by atoms with E-state index in [-0.39, 0.29) is 27.6 Å². The molecular weight excluding hydrogens is 470 g/mol. The molecule has 0 fully saturated rings. The maximum Gasteiger partial charge on any atom is 0.295 e. The Morgan fingerprint density at radius 2 is 1.43 bits per heavy atom. The maximum atomic E-state index is 13.0. The lowest BCUT2D eigenvalue weighted by molar-refractivity contribution is 0.0995. The molecule has 4 rings (SSSR count). The number of methoxy groups -OCH3 is 2. The Bertz CT molecular complexity index is 1520. The van der Waals surface area contributed by atoms with E-state index in [2.05, 4.69) is 15.0 Å². The topological polar surface area (TPSA) is 127 Å². The summed E-state index contributed by atoms with van der Waals surface area (Å²) in [7, 11) is -0.979. The summed E-state index contributed by atoms with van der Waals surface area (Å²) in [5.74, 6) is 0.225. The van der Waals surface area contributed by atoms with Gasteiger partial charge in [-0.2, -0.15) is 0 Å². The Kier molecular flexibility index (Phi) is 6.65. The zero-order chi connectivity index (χ0) is 25.0. The minimum atomic E-state index is -3.98. The number of amides is 1. The Morgan fingerprint density at radius 1 is 0.857 bits per heavy atom. The van der Waals surface area contributed by atoms with E-state index in [0.29, 0.717) is 22.3 Å². The molecule has 0 radical (unpaired) electrons. The number of phenols is 1. The average Bonchev–Trinajstić information content (AvgIpc) is 2.89. The quantitative estimate of drug-likeness (QED) is 0.267. The van der Waals surface area contributed by atoms with Gasteiger partial charge in [-0.05, 0) is 54.6 Å². The van der Waals surface area contributed by atoms with Crippen LogP contribution in [0.5, 0.6) is 17.2 Å². The lowest BCUT2D eigenvalue weighted by Crippen LogP contribution is -2.13. The SMILES string of the molecule is COc1ccc(C(=O)N=Nc2cc(NS(=O)(=O)c3ccc(OC)cc3)c3ccccc3c2O)cc1. The predicted octanol–water partition coefficient (Wildman–Crippen LogP) is 5.29. The summed E-state index contributed by atoms with van der Waals surface area (Å²) in [4.78, 5) is 12.5. The second-order valence-corrected chi connectivity index (χ2v) is 9.03. The lowest BCUT2D eigenvalue weighted by Gasteiger charge is -2.13. The molecule has 4 aromatic rings. The van der Waals surface area contributed by atoms with Gasteiger partial charge in [-0.1, -0.05) is 24.3 Å². The maximum absolute atomic E-state index is 13.0. The summed E-state index contributed by atoms with van der Waals surface area (Å²) < 4.78 is 38.7. The first kappa shape index (κ1) is 23.7. The van der Waals surface area contributed by atoms with Crippen molar-refractivity contribution < 1.29 is 27.8 Å². The first-order valence-corrected chi connectivity index (χ1v) is 11.8. The van der Waals surface area contributed by atoms with E-state index in [1.165, 1.54) is 56.7 Å². The molecule has 0 aliphatic rings. The van der Waals surface area contributed by atoms with Gasteiger partial charge in [0.25, 0.3) is 15.9 Å². The first-order chi connectivity index (χ1) is 16.8. The highest BCUT2D eigenvalue weighted by atomic mass is 32.2. The summed E-state index contributed by atoms with van der Waals surface area (Å²) in [5.41, 5.74) is 0.369. The normalized spacial score (nSPS) is 11.5. The molecule has 0 atom stereocenters. The van der Waals surface area contributed by atoms with E-state index in [1.807, 2.05) is 0 Å². The number of nitrogens with one attached hydrogen (secondary N) is 1. The van der Waals surface area contributed by atoms with Crippen molar-refractivity contribution in [1.82, 2.24) is 0 Å². The van der Waals surface area contributed by atoms with Gasteiger partial charge in [0.2, 0.25) is 0 Å². The van der Waals surface area contributed by atoms with Crippen molar-refractivity contribution in [1.29, 1.82) is 0 Å². The van der Waals surface area contributed by atoms with Gasteiger partial charge in [0.15, 0.2) is 5.75 Å². The van der Waals surface area contributed by atoms with E-state index >= 15 is 0 Å². The number of carbonyl (C=O) groups is 1. The fourth-order valence-electron chi connectivity index (χ4n) is 3.36. The smallest absolute Gasteiger partial charge is 0.295 e. The molecule has 0 spiro atoms. The lowest BCUT2D eigenvalue weighted by atomic mass is 10.1. The van der Waals surface area contributed by atoms with Crippen LogP contribution >= 0.6 is 0 Å². The average molecular weight is 492 g/mol. The van der Waals surface area contributed by atoms with Gasteiger partial charge in [-0.25, -0.2) is 8.42 Å². The molecule has 10 heteroatoms. The summed E-state index contributed by atoms with van der Waals surface area (Å²) >= 11 is 0. The summed E-state index contributed by atoms with van der Waals surface area (Å²) in [6.45, 7) is 0. The molecule has 1 amide bonds. The third kappa shape index (κ3) is 5.07. The Morgan fingerprint density at radius 3 is 2.03 bits per heavy atom. The molecule has 0 bridgehead atoms. The van der Waals surface area contributed by atoms with Gasteiger partial charge in [-0.3, -0.25) is 9.52 Å². The van der Waals surface area contributed by atoms with E-state index in [0.717, 1.165) is 0 Å². The summed E-state index contributed by atoms with van der Waals surface area (Å²) in [5, 5.41) is 19.1. The highest BCUT2D eigenvalue weighted by Gasteiger charge is 2.19. The molecule has 0 heterocycles. The number of fused-ring (bicyclic) bond motifs is 1. The van der Waals surface area contributed by atoms with Crippen LogP contribution in [0.15, 0.2) is 94.0 Å². The van der Waals surface area contributed by atoms with E-state index in [9.17, 15) is 18.3 Å². The minimum absolute atomic E-state index is 0.0216. The van der Waals surface area contributed by atoms with Crippen LogP contribution in [0, 0.1) is 0 Å². The van der Waals surface area contributed by atoms with Gasteiger partial charge in [-0.15, -0.1) is 10.2 Å². The van der Waals surface area contributed by atoms with Gasteiger partial charge >= 0.3 is 0 Å². The van der Waals surface area contributed by atoms with E-state index < -0.39 is 15.9 Å². The zero-order valence-electron chi connectivity index (χ0n) is 18.8. The number of sulfonamides is 1. The number of anilines is 1. The van der Waals surface area contributed by atoms with Crippen LogP contribution < -0.4 is 14.2 Å². The number of benzene rings is 4. The molecule has 0 aliphatic heterocycles. The number of hydrogen-bond acceptors (Lipinski definition) is 7. The van der Waals surface area contributed by atoms with Crippen molar-refractivity contribution >= 4 is 38.1 Å².